The van der Waals surface area contributed by atoms with Gasteiger partial charge in [0.05, 0.1) is 7.11 Å². The fourth-order valence-corrected chi connectivity index (χ4v) is 2.40. The lowest BCUT2D eigenvalue weighted by molar-refractivity contribution is -0.140. The van der Waals surface area contributed by atoms with Gasteiger partial charge in [0.25, 0.3) is 0 Å². The number of Topliss-reactive ketones (excluding diaryl/α,β-unsaturated/α-hetero) is 1. The van der Waals surface area contributed by atoms with Crippen LogP contribution in [0.3, 0.4) is 0 Å². The zero-order chi connectivity index (χ0) is 20.5. The molecule has 0 amide bonds. The third-order valence-electron chi connectivity index (χ3n) is 3.89. The molecule has 2 aromatic carbocycles. The van der Waals surface area contributed by atoms with Crippen LogP contribution < -0.4 is 9.47 Å². The number of hydrogen-bond acceptors (Lipinski definition) is 6. The van der Waals surface area contributed by atoms with Gasteiger partial charge in [-0.2, -0.15) is 5.26 Å². The molecule has 2 rings (SSSR count). The number of carbonyl (C=O) groups excluding carboxylic acids is 2. The van der Waals surface area contributed by atoms with Crippen LogP contribution in [0, 0.1) is 18.3 Å². The highest BCUT2D eigenvalue weighted by atomic mass is 16.5. The van der Waals surface area contributed by atoms with Crippen molar-refractivity contribution in [3.63, 3.8) is 0 Å². The molecule has 144 valence electrons. The summed E-state index contributed by atoms with van der Waals surface area (Å²) in [4.78, 5) is 24.3. The first-order valence-corrected chi connectivity index (χ1v) is 8.62. The SMILES string of the molecule is COc1cc(/C=C/C(=O)O[C@@H](C)C(=O)c2ccc(C)cc2)ccc1OCC#N. The highest BCUT2D eigenvalue weighted by Gasteiger charge is 2.18. The van der Waals surface area contributed by atoms with E-state index in [1.54, 1.807) is 36.4 Å². The van der Waals surface area contributed by atoms with Crippen LogP contribution in [0.15, 0.2) is 48.5 Å². The number of methoxy groups -OCH3 is 1. The van der Waals surface area contributed by atoms with Crippen molar-refractivity contribution in [2.24, 2.45) is 0 Å². The summed E-state index contributed by atoms with van der Waals surface area (Å²) in [5.41, 5.74) is 2.21. The van der Waals surface area contributed by atoms with Gasteiger partial charge in [0.15, 0.2) is 24.2 Å². The van der Waals surface area contributed by atoms with E-state index in [9.17, 15) is 9.59 Å². The molecule has 0 aliphatic rings. The van der Waals surface area contributed by atoms with E-state index in [0.717, 1.165) is 5.56 Å². The van der Waals surface area contributed by atoms with Gasteiger partial charge in [0, 0.05) is 11.6 Å². The Labute approximate surface area is 164 Å². The summed E-state index contributed by atoms with van der Waals surface area (Å²) >= 11 is 0. The van der Waals surface area contributed by atoms with Gasteiger partial charge in [-0.05, 0) is 37.6 Å². The Morgan fingerprint density at radius 1 is 1.14 bits per heavy atom. The van der Waals surface area contributed by atoms with Crippen molar-refractivity contribution >= 4 is 17.8 Å². The number of carbonyl (C=O) groups is 2. The number of ether oxygens (including phenoxy) is 3. The van der Waals surface area contributed by atoms with Crippen LogP contribution in [-0.4, -0.2) is 31.6 Å². The summed E-state index contributed by atoms with van der Waals surface area (Å²) in [5, 5.41) is 8.58. The number of nitriles is 1. The highest BCUT2D eigenvalue weighted by Crippen LogP contribution is 2.28. The highest BCUT2D eigenvalue weighted by molar-refractivity contribution is 6.01. The van der Waals surface area contributed by atoms with Crippen LogP contribution in [-0.2, 0) is 9.53 Å². The number of ketones is 1. The second kappa shape index (κ2) is 9.93. The first-order valence-electron chi connectivity index (χ1n) is 8.62. The maximum absolute atomic E-state index is 12.3. The first-order chi connectivity index (χ1) is 13.4. The Morgan fingerprint density at radius 3 is 2.50 bits per heavy atom. The predicted molar refractivity (Wildman–Crippen MR) is 104 cm³/mol. The normalized spacial score (nSPS) is 11.5. The molecule has 0 N–H and O–H groups in total. The third-order valence-corrected chi connectivity index (χ3v) is 3.89. The van der Waals surface area contributed by atoms with E-state index in [2.05, 4.69) is 0 Å². The van der Waals surface area contributed by atoms with Gasteiger partial charge in [-0.1, -0.05) is 35.9 Å². The number of hydrogen-bond donors (Lipinski definition) is 0. The molecule has 6 heteroatoms. The van der Waals surface area contributed by atoms with Crippen LogP contribution in [0.1, 0.15) is 28.4 Å². The Kier molecular flexibility index (Phi) is 7.35. The van der Waals surface area contributed by atoms with Crippen molar-refractivity contribution in [3.05, 3.63) is 65.2 Å². The standard InChI is InChI=1S/C22H21NO5/c1-15-4-8-18(9-5-15)22(25)16(2)28-21(24)11-7-17-6-10-19(27-13-12-23)20(14-17)26-3/h4-11,14,16H,13H2,1-3H3/b11-7+/t16-/m0/s1. The molecule has 0 spiro atoms. The topological polar surface area (TPSA) is 85.6 Å². The molecule has 6 nitrogen and oxygen atoms in total. The lowest BCUT2D eigenvalue weighted by Crippen LogP contribution is -2.23. The molecule has 0 fully saturated rings. The van der Waals surface area contributed by atoms with Gasteiger partial charge in [0.1, 0.15) is 6.07 Å². The minimum Gasteiger partial charge on any atom is -0.493 e. The van der Waals surface area contributed by atoms with Gasteiger partial charge in [0.2, 0.25) is 5.78 Å². The third kappa shape index (κ3) is 5.71. The van der Waals surface area contributed by atoms with Gasteiger partial charge >= 0.3 is 5.97 Å². The molecule has 0 aliphatic heterocycles. The Balaban J connectivity index is 2.00. The minimum absolute atomic E-state index is 0.0925. The molecule has 0 bridgehead atoms. The molecule has 0 aromatic heterocycles. The van der Waals surface area contributed by atoms with Crippen LogP contribution in [0.2, 0.25) is 0 Å². The van der Waals surface area contributed by atoms with Crippen molar-refractivity contribution in [2.45, 2.75) is 20.0 Å². The van der Waals surface area contributed by atoms with E-state index in [1.165, 1.54) is 20.1 Å². The van der Waals surface area contributed by atoms with Gasteiger partial charge in [-0.3, -0.25) is 4.79 Å². The maximum Gasteiger partial charge on any atom is 0.331 e. The van der Waals surface area contributed by atoms with E-state index in [-0.39, 0.29) is 12.4 Å². The number of esters is 1. The summed E-state index contributed by atoms with van der Waals surface area (Å²) in [6.45, 7) is 3.38. The van der Waals surface area contributed by atoms with Crippen molar-refractivity contribution < 1.29 is 23.8 Å². The fourth-order valence-electron chi connectivity index (χ4n) is 2.40. The molecule has 2 aromatic rings. The monoisotopic (exact) mass is 379 g/mol. The van der Waals surface area contributed by atoms with E-state index < -0.39 is 12.1 Å². The predicted octanol–water partition coefficient (Wildman–Crippen LogP) is 3.73. The van der Waals surface area contributed by atoms with E-state index in [4.69, 9.17) is 19.5 Å². The van der Waals surface area contributed by atoms with Crippen molar-refractivity contribution in [2.75, 3.05) is 13.7 Å². The Bertz CT molecular complexity index is 910. The molecule has 0 saturated carbocycles. The van der Waals surface area contributed by atoms with Gasteiger partial charge < -0.3 is 14.2 Å². The van der Waals surface area contributed by atoms with Crippen LogP contribution in [0.25, 0.3) is 6.08 Å². The summed E-state index contributed by atoms with van der Waals surface area (Å²) in [7, 11) is 1.48. The molecule has 0 radical (unpaired) electrons. The second-order valence-corrected chi connectivity index (χ2v) is 6.00. The number of rotatable bonds is 8. The molecule has 28 heavy (non-hydrogen) atoms. The molecule has 0 unspecified atom stereocenters. The van der Waals surface area contributed by atoms with E-state index >= 15 is 0 Å². The average molecular weight is 379 g/mol. The van der Waals surface area contributed by atoms with E-state index in [1.807, 2.05) is 25.1 Å². The summed E-state index contributed by atoms with van der Waals surface area (Å²) < 4.78 is 15.6. The first kappa shape index (κ1) is 20.7. The number of nitrogens with zero attached hydrogens (tertiary/aromatic N) is 1. The van der Waals surface area contributed by atoms with Crippen LogP contribution >= 0.6 is 0 Å². The lowest BCUT2D eigenvalue weighted by atomic mass is 10.1. The number of aryl methyl sites for hydroxylation is 1. The Morgan fingerprint density at radius 2 is 1.86 bits per heavy atom. The fraction of sp³-hybridized carbons (Fsp3) is 0.227. The summed E-state index contributed by atoms with van der Waals surface area (Å²) in [5.74, 6) is -0.0195. The van der Waals surface area contributed by atoms with Gasteiger partial charge in [-0.15, -0.1) is 0 Å². The zero-order valence-electron chi connectivity index (χ0n) is 16.0. The quantitative estimate of drug-likeness (QED) is 0.395. The molecule has 0 aliphatic carbocycles. The van der Waals surface area contributed by atoms with Crippen molar-refractivity contribution in [1.82, 2.24) is 0 Å². The molecular formula is C22H21NO5. The number of benzene rings is 2. The average Bonchev–Trinajstić information content (AvgIpc) is 2.70. The lowest BCUT2D eigenvalue weighted by Gasteiger charge is -2.11. The molecule has 1 atom stereocenters. The van der Waals surface area contributed by atoms with Crippen LogP contribution in [0.4, 0.5) is 0 Å². The summed E-state index contributed by atoms with van der Waals surface area (Å²) in [6, 6.07) is 14.0. The minimum atomic E-state index is -0.892. The van der Waals surface area contributed by atoms with E-state index in [0.29, 0.717) is 22.6 Å². The smallest absolute Gasteiger partial charge is 0.331 e. The largest absolute Gasteiger partial charge is 0.493 e. The molecular weight excluding hydrogens is 358 g/mol. The van der Waals surface area contributed by atoms with Crippen LogP contribution in [0.5, 0.6) is 11.5 Å². The zero-order valence-corrected chi connectivity index (χ0v) is 16.0. The second-order valence-electron chi connectivity index (χ2n) is 6.00. The van der Waals surface area contributed by atoms with Crippen molar-refractivity contribution in [1.29, 1.82) is 5.26 Å². The molecule has 0 heterocycles. The summed E-state index contributed by atoms with van der Waals surface area (Å²) in [6.07, 6.45) is 1.89. The van der Waals surface area contributed by atoms with Gasteiger partial charge in [-0.25, -0.2) is 4.79 Å². The Hall–Kier alpha value is -3.59. The maximum atomic E-state index is 12.3. The van der Waals surface area contributed by atoms with Crippen molar-refractivity contribution in [3.8, 4) is 17.6 Å². The molecule has 0 saturated heterocycles.